The molecule has 0 saturated carbocycles. The Hall–Kier alpha value is -2.99. The van der Waals surface area contributed by atoms with Crippen molar-refractivity contribution in [2.45, 2.75) is 38.8 Å². The van der Waals surface area contributed by atoms with E-state index in [0.717, 1.165) is 17.5 Å². The van der Waals surface area contributed by atoms with Gasteiger partial charge in [0.15, 0.2) is 0 Å². The molecule has 0 radical (unpaired) electrons. The minimum atomic E-state index is -0.652. The molecule has 32 heavy (non-hydrogen) atoms. The summed E-state index contributed by atoms with van der Waals surface area (Å²) < 4.78 is 14.4. The lowest BCUT2D eigenvalue weighted by atomic mass is 9.93. The van der Waals surface area contributed by atoms with Gasteiger partial charge in [0.05, 0.1) is 11.6 Å². The average molecular weight is 451 g/mol. The molecule has 0 fully saturated rings. The molecule has 0 bridgehead atoms. The van der Waals surface area contributed by atoms with E-state index in [2.05, 4.69) is 11.4 Å². The molecule has 1 aliphatic rings. The van der Waals surface area contributed by atoms with E-state index in [1.165, 1.54) is 21.9 Å². The third kappa shape index (κ3) is 4.32. The maximum atomic E-state index is 14.4. The highest BCUT2D eigenvalue weighted by molar-refractivity contribution is 7.10. The van der Waals surface area contributed by atoms with Crippen LogP contribution in [0.3, 0.4) is 0 Å². The Morgan fingerprint density at radius 2 is 1.75 bits per heavy atom. The van der Waals surface area contributed by atoms with Crippen molar-refractivity contribution in [2.75, 3.05) is 13.1 Å². The largest absolute Gasteiger partial charge is 0.330 e. The molecule has 6 heteroatoms. The van der Waals surface area contributed by atoms with E-state index >= 15 is 0 Å². The molecule has 0 saturated heterocycles. The molecule has 4 rings (SSSR count). The zero-order valence-electron chi connectivity index (χ0n) is 18.5. The van der Waals surface area contributed by atoms with Gasteiger partial charge < -0.3 is 9.80 Å². The van der Waals surface area contributed by atoms with Crippen LogP contribution in [0.5, 0.6) is 0 Å². The van der Waals surface area contributed by atoms with Crippen LogP contribution in [0.1, 0.15) is 53.2 Å². The van der Waals surface area contributed by atoms with Gasteiger partial charge in [0.2, 0.25) is 5.91 Å². The van der Waals surface area contributed by atoms with Gasteiger partial charge >= 0.3 is 0 Å². The van der Waals surface area contributed by atoms with Crippen molar-refractivity contribution in [3.8, 4) is 0 Å². The standard InChI is InChI=1S/C26H27FN2O2S/c1-26(2,3)29(25(31)19-11-7-8-12-21(19)27)17-23(30)28-15-13-22-20(14-16-32-22)24(28)18-9-5-4-6-10-18/h4-12,14,16,24H,13,15,17H2,1-3H3. The monoisotopic (exact) mass is 450 g/mol. The lowest BCUT2D eigenvalue weighted by Gasteiger charge is -2.40. The third-order valence-electron chi connectivity index (χ3n) is 5.85. The number of thiophene rings is 1. The molecule has 1 aromatic heterocycles. The van der Waals surface area contributed by atoms with Gasteiger partial charge in [-0.25, -0.2) is 4.39 Å². The third-order valence-corrected chi connectivity index (χ3v) is 6.85. The molecule has 2 aromatic carbocycles. The molecule has 166 valence electrons. The van der Waals surface area contributed by atoms with Crippen molar-refractivity contribution < 1.29 is 14.0 Å². The molecule has 1 unspecified atom stereocenters. The fraction of sp³-hybridized carbons (Fsp3) is 0.308. The number of amides is 2. The normalized spacial score (nSPS) is 15.9. The van der Waals surface area contributed by atoms with Crippen LogP contribution < -0.4 is 0 Å². The van der Waals surface area contributed by atoms with Crippen molar-refractivity contribution >= 4 is 23.2 Å². The van der Waals surface area contributed by atoms with Gasteiger partial charge in [-0.2, -0.15) is 0 Å². The Kier molecular flexibility index (Phi) is 6.15. The second-order valence-electron chi connectivity index (χ2n) is 8.99. The highest BCUT2D eigenvalue weighted by atomic mass is 32.1. The van der Waals surface area contributed by atoms with Crippen LogP contribution in [0.2, 0.25) is 0 Å². The Labute approximate surface area is 192 Å². The average Bonchev–Trinajstić information content (AvgIpc) is 3.25. The van der Waals surface area contributed by atoms with Gasteiger partial charge in [0.25, 0.3) is 5.91 Å². The number of carbonyl (C=O) groups is 2. The Morgan fingerprint density at radius 3 is 2.44 bits per heavy atom. The first-order valence-corrected chi connectivity index (χ1v) is 11.6. The Bertz CT molecular complexity index is 1120. The number of benzene rings is 2. The Morgan fingerprint density at radius 1 is 1.06 bits per heavy atom. The van der Waals surface area contributed by atoms with Crippen LogP contribution in [-0.2, 0) is 11.2 Å². The van der Waals surface area contributed by atoms with Crippen LogP contribution in [-0.4, -0.2) is 40.2 Å². The summed E-state index contributed by atoms with van der Waals surface area (Å²) in [6, 6.07) is 17.8. The minimum Gasteiger partial charge on any atom is -0.330 e. The molecule has 0 spiro atoms. The summed E-state index contributed by atoms with van der Waals surface area (Å²) in [7, 11) is 0. The van der Waals surface area contributed by atoms with E-state index in [-0.39, 0.29) is 24.1 Å². The number of hydrogen-bond acceptors (Lipinski definition) is 3. The molecule has 3 aromatic rings. The topological polar surface area (TPSA) is 40.6 Å². The quantitative estimate of drug-likeness (QED) is 0.541. The van der Waals surface area contributed by atoms with E-state index in [0.29, 0.717) is 6.54 Å². The van der Waals surface area contributed by atoms with Gasteiger partial charge in [0, 0.05) is 17.0 Å². The number of hydrogen-bond donors (Lipinski definition) is 0. The highest BCUT2D eigenvalue weighted by Gasteiger charge is 2.36. The van der Waals surface area contributed by atoms with Crippen molar-refractivity contribution in [1.29, 1.82) is 0 Å². The van der Waals surface area contributed by atoms with Crippen LogP contribution in [0.15, 0.2) is 66.0 Å². The number of fused-ring (bicyclic) bond motifs is 1. The number of nitrogens with zero attached hydrogens (tertiary/aromatic N) is 2. The van der Waals surface area contributed by atoms with Crippen molar-refractivity contribution in [3.63, 3.8) is 0 Å². The van der Waals surface area contributed by atoms with E-state index in [1.807, 2.05) is 56.0 Å². The maximum absolute atomic E-state index is 14.4. The lowest BCUT2D eigenvalue weighted by molar-refractivity contribution is -0.135. The SMILES string of the molecule is CC(C)(C)N(CC(=O)N1CCc2sccc2C1c1ccccc1)C(=O)c1ccccc1F. The number of carbonyl (C=O) groups excluding carboxylic acids is 2. The molecule has 4 nitrogen and oxygen atoms in total. The smallest absolute Gasteiger partial charge is 0.257 e. The molecule has 2 heterocycles. The lowest BCUT2D eigenvalue weighted by Crippen LogP contribution is -2.52. The van der Waals surface area contributed by atoms with Crippen LogP contribution in [0.4, 0.5) is 4.39 Å². The van der Waals surface area contributed by atoms with E-state index < -0.39 is 17.3 Å². The summed E-state index contributed by atoms with van der Waals surface area (Å²) in [6.07, 6.45) is 0.791. The summed E-state index contributed by atoms with van der Waals surface area (Å²) in [5.41, 5.74) is 1.51. The highest BCUT2D eigenvalue weighted by Crippen LogP contribution is 2.38. The second kappa shape index (κ2) is 8.87. The van der Waals surface area contributed by atoms with Gasteiger partial charge in [0.1, 0.15) is 12.4 Å². The summed E-state index contributed by atoms with van der Waals surface area (Å²) in [5, 5.41) is 2.07. The summed E-state index contributed by atoms with van der Waals surface area (Å²) in [4.78, 5) is 31.5. The molecule has 1 aliphatic heterocycles. The van der Waals surface area contributed by atoms with E-state index in [9.17, 15) is 14.0 Å². The van der Waals surface area contributed by atoms with Crippen molar-refractivity contribution in [1.82, 2.24) is 9.80 Å². The first-order chi connectivity index (χ1) is 15.3. The summed E-state index contributed by atoms with van der Waals surface area (Å²) in [5.74, 6) is -1.20. The first-order valence-electron chi connectivity index (χ1n) is 10.7. The molecule has 0 N–H and O–H groups in total. The Balaban J connectivity index is 1.66. The predicted octanol–water partition coefficient (Wildman–Crippen LogP) is 5.30. The van der Waals surface area contributed by atoms with Gasteiger partial charge in [-0.1, -0.05) is 42.5 Å². The first kappa shape index (κ1) is 22.2. The minimum absolute atomic E-state index is 0.0198. The van der Waals surface area contributed by atoms with Crippen LogP contribution in [0.25, 0.3) is 0 Å². The van der Waals surface area contributed by atoms with Gasteiger partial charge in [-0.05, 0) is 61.9 Å². The van der Waals surface area contributed by atoms with Gasteiger partial charge in [-0.15, -0.1) is 11.3 Å². The predicted molar refractivity (Wildman–Crippen MR) is 125 cm³/mol. The van der Waals surface area contributed by atoms with E-state index in [4.69, 9.17) is 0 Å². The fourth-order valence-corrected chi connectivity index (χ4v) is 5.10. The number of halogens is 1. The molecule has 1 atom stereocenters. The van der Waals surface area contributed by atoms with Gasteiger partial charge in [-0.3, -0.25) is 9.59 Å². The molecule has 2 amide bonds. The maximum Gasteiger partial charge on any atom is 0.257 e. The molecule has 0 aliphatic carbocycles. The second-order valence-corrected chi connectivity index (χ2v) is 9.99. The van der Waals surface area contributed by atoms with Crippen LogP contribution >= 0.6 is 11.3 Å². The van der Waals surface area contributed by atoms with Crippen molar-refractivity contribution in [3.05, 3.63) is 93.4 Å². The summed E-state index contributed by atoms with van der Waals surface area (Å²) in [6.45, 7) is 6.06. The fourth-order valence-electron chi connectivity index (χ4n) is 4.20. The zero-order chi connectivity index (χ0) is 22.9. The van der Waals surface area contributed by atoms with Crippen molar-refractivity contribution in [2.24, 2.45) is 0 Å². The number of rotatable bonds is 4. The molecular formula is C26H27FN2O2S. The zero-order valence-corrected chi connectivity index (χ0v) is 19.4. The summed E-state index contributed by atoms with van der Waals surface area (Å²) >= 11 is 1.72. The van der Waals surface area contributed by atoms with E-state index in [1.54, 1.807) is 23.5 Å². The van der Waals surface area contributed by atoms with Crippen LogP contribution in [0, 0.1) is 5.82 Å². The molecular weight excluding hydrogens is 423 g/mol.